The molecular weight excluding hydrogens is 358 g/mol. The zero-order valence-corrected chi connectivity index (χ0v) is 15.1. The van der Waals surface area contributed by atoms with E-state index in [1.807, 2.05) is 6.07 Å². The van der Waals surface area contributed by atoms with Gasteiger partial charge in [0.1, 0.15) is 6.04 Å². The van der Waals surface area contributed by atoms with Gasteiger partial charge in [-0.1, -0.05) is 6.07 Å². The molecule has 1 aromatic carbocycles. The average Bonchev–Trinajstić information content (AvgIpc) is 3.26. The molecule has 1 amide bonds. The maximum atomic E-state index is 13.0. The number of benzene rings is 1. The van der Waals surface area contributed by atoms with Gasteiger partial charge in [0.2, 0.25) is 0 Å². The van der Waals surface area contributed by atoms with Gasteiger partial charge < -0.3 is 15.0 Å². The fraction of sp³-hybridized carbons (Fsp3) is 0.150. The number of methoxy groups -OCH3 is 1. The van der Waals surface area contributed by atoms with Gasteiger partial charge in [-0.3, -0.25) is 9.78 Å². The molecule has 1 atom stereocenters. The molecule has 0 saturated carbocycles. The SMILES string of the molecule is C#[N+]c1ccc(C(=O)N[C@H](Cc2cnc[nH]2)C(=O)OC)c(-c2ccccn2)c1. The van der Waals surface area contributed by atoms with E-state index in [-0.39, 0.29) is 6.42 Å². The van der Waals surface area contributed by atoms with E-state index in [0.29, 0.717) is 28.2 Å². The molecule has 28 heavy (non-hydrogen) atoms. The van der Waals surface area contributed by atoms with Crippen LogP contribution < -0.4 is 5.32 Å². The second-order valence-corrected chi connectivity index (χ2v) is 5.90. The number of H-pyrrole nitrogens is 1. The first kappa shape index (κ1) is 18.8. The Kier molecular flexibility index (Phi) is 5.77. The molecule has 0 aliphatic carbocycles. The van der Waals surface area contributed by atoms with E-state index in [1.54, 1.807) is 42.7 Å². The molecule has 3 rings (SSSR count). The summed E-state index contributed by atoms with van der Waals surface area (Å²) in [5.41, 5.74) is 2.66. The summed E-state index contributed by atoms with van der Waals surface area (Å²) < 4.78 is 4.82. The van der Waals surface area contributed by atoms with Gasteiger partial charge in [-0.2, -0.15) is 0 Å². The third kappa shape index (κ3) is 4.22. The number of nitrogens with one attached hydrogen (secondary N) is 2. The van der Waals surface area contributed by atoms with Crippen molar-refractivity contribution in [1.29, 1.82) is 0 Å². The highest BCUT2D eigenvalue weighted by atomic mass is 16.5. The van der Waals surface area contributed by atoms with Gasteiger partial charge in [0.25, 0.3) is 12.5 Å². The standard InChI is InChI=1S/C20H17N5O3/c1-21-13-6-7-15(16(9-13)17-5-3-4-8-23-17)19(26)25-18(20(27)28-2)10-14-11-22-12-24-14/h1,3-9,11-12,18H,10H2,2H3,(H-,22,24,25,26)/p+1/t18-/m1/s1. The summed E-state index contributed by atoms with van der Waals surface area (Å²) >= 11 is 0. The minimum Gasteiger partial charge on any atom is -0.467 e. The number of imidazole rings is 1. The average molecular weight is 376 g/mol. The Morgan fingerprint density at radius 2 is 2.18 bits per heavy atom. The van der Waals surface area contributed by atoms with Crippen LogP contribution in [-0.4, -0.2) is 40.0 Å². The van der Waals surface area contributed by atoms with E-state index in [4.69, 9.17) is 11.3 Å². The van der Waals surface area contributed by atoms with Crippen LogP contribution in [0.4, 0.5) is 5.69 Å². The highest BCUT2D eigenvalue weighted by molar-refractivity contribution is 6.02. The summed E-state index contributed by atoms with van der Waals surface area (Å²) in [6, 6.07) is 9.35. The number of amides is 1. The van der Waals surface area contributed by atoms with Crippen LogP contribution in [-0.2, 0) is 16.0 Å². The van der Waals surface area contributed by atoms with Crippen LogP contribution in [0.25, 0.3) is 16.1 Å². The highest BCUT2D eigenvalue weighted by Gasteiger charge is 2.25. The lowest BCUT2D eigenvalue weighted by Gasteiger charge is -2.17. The van der Waals surface area contributed by atoms with Crippen molar-refractivity contribution in [3.8, 4) is 17.8 Å². The van der Waals surface area contributed by atoms with Crippen molar-refractivity contribution in [3.05, 3.63) is 71.2 Å². The molecule has 0 fully saturated rings. The largest absolute Gasteiger partial charge is 0.467 e. The molecule has 0 unspecified atom stereocenters. The molecule has 2 N–H and O–H groups in total. The molecule has 0 aliphatic heterocycles. The van der Waals surface area contributed by atoms with Crippen LogP contribution >= 0.6 is 0 Å². The number of hydrogen-bond donors (Lipinski definition) is 2. The number of rotatable bonds is 6. The van der Waals surface area contributed by atoms with Crippen LogP contribution in [0.3, 0.4) is 0 Å². The predicted molar refractivity (Wildman–Crippen MR) is 103 cm³/mol. The van der Waals surface area contributed by atoms with Gasteiger partial charge in [-0.05, 0) is 23.0 Å². The fourth-order valence-electron chi connectivity index (χ4n) is 2.73. The lowest BCUT2D eigenvalue weighted by Crippen LogP contribution is -2.43. The number of aromatic nitrogens is 3. The van der Waals surface area contributed by atoms with Crippen LogP contribution in [0.15, 0.2) is 55.1 Å². The van der Waals surface area contributed by atoms with E-state index in [2.05, 4.69) is 25.1 Å². The molecule has 8 heteroatoms. The molecular formula is C20H18N5O3+. The predicted octanol–water partition coefficient (Wildman–Crippen LogP) is 2.58. The van der Waals surface area contributed by atoms with Crippen molar-refractivity contribution in [2.45, 2.75) is 12.5 Å². The smallest absolute Gasteiger partial charge is 0.340 e. The van der Waals surface area contributed by atoms with E-state index in [1.165, 1.54) is 13.4 Å². The van der Waals surface area contributed by atoms with Crippen LogP contribution in [0, 0.1) is 6.57 Å². The van der Waals surface area contributed by atoms with E-state index < -0.39 is 17.9 Å². The first-order valence-corrected chi connectivity index (χ1v) is 8.44. The number of carbonyl (C=O) groups is 2. The normalized spacial score (nSPS) is 11.3. The number of ether oxygens (including phenoxy) is 1. The second-order valence-electron chi connectivity index (χ2n) is 5.90. The summed E-state index contributed by atoms with van der Waals surface area (Å²) in [5.74, 6) is -1.00. The summed E-state index contributed by atoms with van der Waals surface area (Å²) in [7, 11) is 1.27. The maximum absolute atomic E-state index is 13.0. The second kappa shape index (κ2) is 8.60. The van der Waals surface area contributed by atoms with E-state index in [9.17, 15) is 9.59 Å². The van der Waals surface area contributed by atoms with Crippen LogP contribution in [0.1, 0.15) is 16.1 Å². The number of nitrogens with zero attached hydrogens (tertiary/aromatic N) is 3. The van der Waals surface area contributed by atoms with Crippen molar-refractivity contribution < 1.29 is 14.3 Å². The molecule has 140 valence electrons. The summed E-state index contributed by atoms with van der Waals surface area (Å²) in [4.78, 5) is 39.9. The van der Waals surface area contributed by atoms with Crippen molar-refractivity contribution in [2.24, 2.45) is 0 Å². The Labute approximate surface area is 161 Å². The lowest BCUT2D eigenvalue weighted by atomic mass is 10.0. The summed E-state index contributed by atoms with van der Waals surface area (Å²) in [6.07, 6.45) is 4.92. The van der Waals surface area contributed by atoms with Crippen molar-refractivity contribution >= 4 is 17.6 Å². The van der Waals surface area contributed by atoms with Gasteiger partial charge >= 0.3 is 11.7 Å². The zero-order valence-electron chi connectivity index (χ0n) is 15.1. The van der Waals surface area contributed by atoms with Crippen LogP contribution in [0.5, 0.6) is 0 Å². The Morgan fingerprint density at radius 3 is 2.82 bits per heavy atom. The number of pyridine rings is 1. The minimum atomic E-state index is -0.881. The van der Waals surface area contributed by atoms with Gasteiger partial charge in [-0.25, -0.2) is 9.78 Å². The number of aromatic amines is 1. The topological polar surface area (TPSA) is 101 Å². The fourth-order valence-corrected chi connectivity index (χ4v) is 2.73. The molecule has 3 aromatic rings. The highest BCUT2D eigenvalue weighted by Crippen LogP contribution is 2.27. The monoisotopic (exact) mass is 376 g/mol. The molecule has 2 aromatic heterocycles. The quantitative estimate of drug-likeness (QED) is 0.644. The molecule has 0 aliphatic rings. The Balaban J connectivity index is 1.92. The Morgan fingerprint density at radius 1 is 1.32 bits per heavy atom. The van der Waals surface area contributed by atoms with E-state index in [0.717, 1.165) is 0 Å². The summed E-state index contributed by atoms with van der Waals surface area (Å²) in [6.45, 7) is 5.37. The molecule has 8 nitrogen and oxygen atoms in total. The van der Waals surface area contributed by atoms with Gasteiger partial charge in [0.15, 0.2) is 0 Å². The first-order chi connectivity index (χ1) is 13.6. The van der Waals surface area contributed by atoms with E-state index >= 15 is 0 Å². The van der Waals surface area contributed by atoms with Gasteiger partial charge in [0, 0.05) is 47.8 Å². The number of carbonyl (C=O) groups excluding carboxylic acids is 2. The Bertz CT molecular complexity index is 1010. The number of esters is 1. The third-order valence-corrected chi connectivity index (χ3v) is 4.11. The summed E-state index contributed by atoms with van der Waals surface area (Å²) in [5, 5.41) is 2.72. The molecule has 0 saturated heterocycles. The van der Waals surface area contributed by atoms with Gasteiger partial charge in [0.05, 0.1) is 19.1 Å². The first-order valence-electron chi connectivity index (χ1n) is 8.44. The number of hydrogen-bond acceptors (Lipinski definition) is 5. The van der Waals surface area contributed by atoms with Crippen molar-refractivity contribution in [2.75, 3.05) is 7.11 Å². The minimum absolute atomic E-state index is 0.216. The molecule has 0 bridgehead atoms. The molecule has 0 spiro atoms. The third-order valence-electron chi connectivity index (χ3n) is 4.11. The Hall–Kier alpha value is -3.99. The zero-order chi connectivity index (χ0) is 19.9. The molecule has 2 heterocycles. The van der Waals surface area contributed by atoms with Crippen LogP contribution in [0.2, 0.25) is 0 Å². The van der Waals surface area contributed by atoms with Crippen molar-refractivity contribution in [1.82, 2.24) is 20.3 Å². The van der Waals surface area contributed by atoms with Crippen molar-refractivity contribution in [3.63, 3.8) is 0 Å². The maximum Gasteiger partial charge on any atom is 0.340 e. The lowest BCUT2D eigenvalue weighted by molar-refractivity contribution is -0.142. The molecule has 0 radical (unpaired) electrons. The van der Waals surface area contributed by atoms with Gasteiger partial charge in [-0.15, -0.1) is 0 Å².